The van der Waals surface area contributed by atoms with Crippen LogP contribution >= 0.6 is 0 Å². The van der Waals surface area contributed by atoms with Gasteiger partial charge in [0.1, 0.15) is 5.82 Å². The highest BCUT2D eigenvalue weighted by atomic mass is 32.2. The molecule has 2 atom stereocenters. The SMILES string of the molecule is COCCOCC(O)CS(=O)c1ccccc1F. The molecule has 6 heteroatoms. The molecular formula is C12H17FO4S. The molecule has 1 aromatic rings. The maximum atomic E-state index is 13.3. The zero-order valence-corrected chi connectivity index (χ0v) is 11.0. The van der Waals surface area contributed by atoms with E-state index in [9.17, 15) is 13.7 Å². The molecule has 0 aromatic heterocycles. The molecule has 0 spiro atoms. The van der Waals surface area contributed by atoms with Gasteiger partial charge in [-0.25, -0.2) is 4.39 Å². The third kappa shape index (κ3) is 5.22. The Morgan fingerprint density at radius 2 is 2.11 bits per heavy atom. The van der Waals surface area contributed by atoms with Crippen LogP contribution in [0, 0.1) is 5.82 Å². The molecule has 18 heavy (non-hydrogen) atoms. The summed E-state index contributed by atoms with van der Waals surface area (Å²) >= 11 is 0. The van der Waals surface area contributed by atoms with Crippen molar-refractivity contribution in [2.45, 2.75) is 11.0 Å². The lowest BCUT2D eigenvalue weighted by atomic mass is 10.3. The van der Waals surface area contributed by atoms with Crippen LogP contribution in [0.4, 0.5) is 4.39 Å². The van der Waals surface area contributed by atoms with Gasteiger partial charge in [0.25, 0.3) is 0 Å². The third-order valence-electron chi connectivity index (χ3n) is 2.17. The Labute approximate surface area is 108 Å². The van der Waals surface area contributed by atoms with Crippen LogP contribution in [0.2, 0.25) is 0 Å². The first-order chi connectivity index (χ1) is 8.65. The summed E-state index contributed by atoms with van der Waals surface area (Å²) in [6.45, 7) is 0.854. The fourth-order valence-corrected chi connectivity index (χ4v) is 2.44. The van der Waals surface area contributed by atoms with Gasteiger partial charge in [-0.2, -0.15) is 0 Å². The van der Waals surface area contributed by atoms with Crippen LogP contribution in [-0.2, 0) is 20.3 Å². The number of rotatable bonds is 8. The summed E-state index contributed by atoms with van der Waals surface area (Å²) in [5, 5.41) is 9.59. The van der Waals surface area contributed by atoms with Crippen LogP contribution in [0.15, 0.2) is 29.2 Å². The van der Waals surface area contributed by atoms with Crippen molar-refractivity contribution in [2.75, 3.05) is 32.7 Å². The molecule has 102 valence electrons. The second-order valence-electron chi connectivity index (χ2n) is 3.66. The van der Waals surface area contributed by atoms with Crippen LogP contribution < -0.4 is 0 Å². The van der Waals surface area contributed by atoms with Gasteiger partial charge >= 0.3 is 0 Å². The molecule has 1 rings (SSSR count). The van der Waals surface area contributed by atoms with Crippen LogP contribution in [0.3, 0.4) is 0 Å². The molecule has 0 saturated carbocycles. The number of aliphatic hydroxyl groups excluding tert-OH is 1. The molecule has 0 amide bonds. The standard InChI is InChI=1S/C12H17FO4S/c1-16-6-7-17-8-10(14)9-18(15)12-5-3-2-4-11(12)13/h2-5,10,14H,6-9H2,1H3. The number of benzene rings is 1. The Bertz CT molecular complexity index is 386. The summed E-state index contributed by atoms with van der Waals surface area (Å²) in [5.41, 5.74) is 0. The first-order valence-corrected chi connectivity index (χ1v) is 6.84. The van der Waals surface area contributed by atoms with E-state index in [-0.39, 0.29) is 17.3 Å². The van der Waals surface area contributed by atoms with Crippen LogP contribution in [0.25, 0.3) is 0 Å². The summed E-state index contributed by atoms with van der Waals surface area (Å²) < 4.78 is 35.0. The average Bonchev–Trinajstić information content (AvgIpc) is 2.35. The van der Waals surface area contributed by atoms with Crippen molar-refractivity contribution in [1.29, 1.82) is 0 Å². The van der Waals surface area contributed by atoms with Gasteiger partial charge in [0.05, 0.1) is 47.4 Å². The average molecular weight is 276 g/mol. The van der Waals surface area contributed by atoms with Crippen molar-refractivity contribution in [2.24, 2.45) is 0 Å². The molecular weight excluding hydrogens is 259 g/mol. The molecule has 0 bridgehead atoms. The van der Waals surface area contributed by atoms with Crippen molar-refractivity contribution >= 4 is 10.8 Å². The van der Waals surface area contributed by atoms with Crippen LogP contribution in [-0.4, -0.2) is 48.1 Å². The normalized spacial score (nSPS) is 14.4. The first-order valence-electron chi connectivity index (χ1n) is 5.52. The Morgan fingerprint density at radius 1 is 1.39 bits per heavy atom. The van der Waals surface area contributed by atoms with Crippen molar-refractivity contribution in [3.05, 3.63) is 30.1 Å². The molecule has 0 aliphatic rings. The first kappa shape index (κ1) is 15.2. The van der Waals surface area contributed by atoms with Crippen molar-refractivity contribution < 1.29 is 23.2 Å². The molecule has 0 aliphatic heterocycles. The minimum Gasteiger partial charge on any atom is -0.390 e. The summed E-state index contributed by atoms with van der Waals surface area (Å²) in [7, 11) is -0.0199. The lowest BCUT2D eigenvalue weighted by Gasteiger charge is -2.11. The Hall–Kier alpha value is -0.820. The Balaban J connectivity index is 2.38. The zero-order chi connectivity index (χ0) is 13.4. The van der Waals surface area contributed by atoms with Gasteiger partial charge in [-0.15, -0.1) is 0 Å². The second kappa shape index (κ2) is 8.31. The number of halogens is 1. The van der Waals surface area contributed by atoms with E-state index in [1.54, 1.807) is 13.2 Å². The fraction of sp³-hybridized carbons (Fsp3) is 0.500. The van der Waals surface area contributed by atoms with Crippen LogP contribution in [0.1, 0.15) is 0 Å². The van der Waals surface area contributed by atoms with E-state index in [4.69, 9.17) is 9.47 Å². The van der Waals surface area contributed by atoms with E-state index in [0.717, 1.165) is 0 Å². The maximum absolute atomic E-state index is 13.3. The summed E-state index contributed by atoms with van der Waals surface area (Å²) in [6, 6.07) is 5.83. The Kier molecular flexibility index (Phi) is 7.04. The van der Waals surface area contributed by atoms with Gasteiger partial charge in [0, 0.05) is 7.11 Å². The second-order valence-corrected chi connectivity index (χ2v) is 5.13. The zero-order valence-electron chi connectivity index (χ0n) is 10.2. The van der Waals surface area contributed by atoms with Crippen molar-refractivity contribution in [3.63, 3.8) is 0 Å². The summed E-state index contributed by atoms with van der Waals surface area (Å²) in [4.78, 5) is 0.105. The van der Waals surface area contributed by atoms with E-state index in [2.05, 4.69) is 0 Å². The summed E-state index contributed by atoms with van der Waals surface area (Å²) in [5.74, 6) is -0.572. The van der Waals surface area contributed by atoms with Gasteiger partial charge in [-0.05, 0) is 12.1 Å². The van der Waals surface area contributed by atoms with Gasteiger partial charge in [0.15, 0.2) is 0 Å². The summed E-state index contributed by atoms with van der Waals surface area (Å²) in [6.07, 6.45) is -0.887. The molecule has 0 radical (unpaired) electrons. The molecule has 4 nitrogen and oxygen atoms in total. The number of aliphatic hydroxyl groups is 1. The number of hydrogen-bond acceptors (Lipinski definition) is 4. The van der Waals surface area contributed by atoms with Crippen molar-refractivity contribution in [3.8, 4) is 0 Å². The molecule has 0 saturated heterocycles. The predicted molar refractivity (Wildman–Crippen MR) is 66.4 cm³/mol. The van der Waals surface area contributed by atoms with E-state index in [1.165, 1.54) is 18.2 Å². The molecule has 0 fully saturated rings. The largest absolute Gasteiger partial charge is 0.390 e. The van der Waals surface area contributed by atoms with Crippen molar-refractivity contribution in [1.82, 2.24) is 0 Å². The van der Waals surface area contributed by atoms with E-state index in [1.807, 2.05) is 0 Å². The minimum absolute atomic E-state index is 0.0477. The lowest BCUT2D eigenvalue weighted by Crippen LogP contribution is -2.24. The quantitative estimate of drug-likeness (QED) is 0.719. The topological polar surface area (TPSA) is 55.8 Å². The highest BCUT2D eigenvalue weighted by Gasteiger charge is 2.14. The lowest BCUT2D eigenvalue weighted by molar-refractivity contribution is 0.0215. The number of ether oxygens (including phenoxy) is 2. The maximum Gasteiger partial charge on any atom is 0.139 e. The molecule has 0 heterocycles. The van der Waals surface area contributed by atoms with Gasteiger partial charge < -0.3 is 14.6 Å². The monoisotopic (exact) mass is 276 g/mol. The minimum atomic E-state index is -1.57. The molecule has 1 N–H and O–H groups in total. The van der Waals surface area contributed by atoms with Crippen LogP contribution in [0.5, 0.6) is 0 Å². The highest BCUT2D eigenvalue weighted by Crippen LogP contribution is 2.12. The molecule has 2 unspecified atom stereocenters. The van der Waals surface area contributed by atoms with Gasteiger partial charge in [-0.1, -0.05) is 12.1 Å². The third-order valence-corrected chi connectivity index (χ3v) is 3.68. The van der Waals surface area contributed by atoms with Gasteiger partial charge in [-0.3, -0.25) is 4.21 Å². The van der Waals surface area contributed by atoms with E-state index >= 15 is 0 Å². The predicted octanol–water partition coefficient (Wildman–Crippen LogP) is 0.957. The highest BCUT2D eigenvalue weighted by molar-refractivity contribution is 7.85. The van der Waals surface area contributed by atoms with E-state index < -0.39 is 22.7 Å². The van der Waals surface area contributed by atoms with E-state index in [0.29, 0.717) is 13.2 Å². The number of hydrogen-bond donors (Lipinski definition) is 1. The smallest absolute Gasteiger partial charge is 0.139 e. The molecule has 0 aliphatic carbocycles. The Morgan fingerprint density at radius 3 is 2.78 bits per heavy atom. The number of methoxy groups -OCH3 is 1. The van der Waals surface area contributed by atoms with Gasteiger partial charge in [0.2, 0.25) is 0 Å². The molecule has 1 aromatic carbocycles. The fourth-order valence-electron chi connectivity index (χ4n) is 1.30.